The highest BCUT2D eigenvalue weighted by atomic mass is 16.5. The second-order valence-corrected chi connectivity index (χ2v) is 5.74. The first-order valence-corrected chi connectivity index (χ1v) is 7.84. The molecule has 2 rings (SSSR count). The summed E-state index contributed by atoms with van der Waals surface area (Å²) in [4.78, 5) is 19.0. The first kappa shape index (κ1) is 16.6. The van der Waals surface area contributed by atoms with E-state index in [4.69, 9.17) is 12.6 Å². The fourth-order valence-electron chi connectivity index (χ4n) is 2.97. The van der Waals surface area contributed by atoms with Crippen LogP contribution in [0.25, 0.3) is 0 Å². The molecule has 0 unspecified atom stereocenters. The molecule has 0 atom stereocenters. The van der Waals surface area contributed by atoms with Crippen molar-refractivity contribution in [1.82, 2.24) is 4.90 Å². The Morgan fingerprint density at radius 2 is 2.23 bits per heavy atom. The smallest absolute Gasteiger partial charge is 0.312 e. The first-order chi connectivity index (χ1) is 10.6. The van der Waals surface area contributed by atoms with Gasteiger partial charge in [0.15, 0.2) is 0 Å². The summed E-state index contributed by atoms with van der Waals surface area (Å²) in [6.45, 7) is 7.63. The summed E-state index contributed by atoms with van der Waals surface area (Å²) in [6.07, 6.45) is 10.5. The van der Waals surface area contributed by atoms with Crippen LogP contribution < -0.4 is 0 Å². The van der Waals surface area contributed by atoms with Crippen LogP contribution in [0, 0.1) is 5.41 Å². The number of ether oxygens (including phenoxy) is 1. The van der Waals surface area contributed by atoms with Gasteiger partial charge in [-0.05, 0) is 38.7 Å². The summed E-state index contributed by atoms with van der Waals surface area (Å²) in [5.74, 6) is 0.839. The monoisotopic (exact) mass is 298 g/mol. The Bertz CT molecular complexity index is 515. The van der Waals surface area contributed by atoms with E-state index in [1.807, 2.05) is 19.1 Å². The summed E-state index contributed by atoms with van der Waals surface area (Å²) in [7, 11) is 5.77. The Kier molecular flexibility index (Phi) is 5.64. The number of hydrogen-bond donors (Lipinski definition) is 0. The van der Waals surface area contributed by atoms with E-state index >= 15 is 0 Å². The van der Waals surface area contributed by atoms with Gasteiger partial charge in [-0.1, -0.05) is 17.6 Å². The zero-order valence-corrected chi connectivity index (χ0v) is 13.3. The van der Waals surface area contributed by atoms with Crippen LogP contribution in [0.15, 0.2) is 41.1 Å². The highest BCUT2D eigenvalue weighted by Gasteiger charge is 2.41. The fraction of sp³-hybridized carbons (Fsp3) is 0.529. The van der Waals surface area contributed by atoms with Crippen molar-refractivity contribution in [3.63, 3.8) is 0 Å². The summed E-state index contributed by atoms with van der Waals surface area (Å²) in [6, 6.07) is 0. The number of likely N-dealkylation sites (tertiary alicyclic amines) is 1. The van der Waals surface area contributed by atoms with Gasteiger partial charge in [-0.3, -0.25) is 4.79 Å². The summed E-state index contributed by atoms with van der Waals surface area (Å²) < 4.78 is 5.28. The molecule has 116 valence electrons. The molecule has 0 spiro atoms. The number of allylic oxidation sites excluding steroid dienone is 4. The Labute approximate surface area is 134 Å². The van der Waals surface area contributed by atoms with Crippen LogP contribution in [0.5, 0.6) is 0 Å². The highest BCUT2D eigenvalue weighted by Crippen LogP contribution is 2.38. The van der Waals surface area contributed by atoms with Crippen molar-refractivity contribution in [1.29, 1.82) is 0 Å². The van der Waals surface area contributed by atoms with Gasteiger partial charge in [-0.15, -0.1) is 6.58 Å². The van der Waals surface area contributed by atoms with Gasteiger partial charge >= 0.3 is 5.97 Å². The van der Waals surface area contributed by atoms with Crippen LogP contribution in [0.2, 0.25) is 0 Å². The molecule has 2 radical (unpaired) electrons. The average molecular weight is 298 g/mol. The number of piperidine rings is 1. The molecule has 0 aromatic heterocycles. The standard InChI is InChI=1S/C17H23BN2O2/c1-3-8-17(16(21)22-4-2)9-11-20(12-10-17)15-7-5-6-14(18)13-19-15/h3,6-7,13H,1,4-5,8-12H2,2H3. The van der Waals surface area contributed by atoms with E-state index in [0.717, 1.165) is 38.2 Å². The maximum Gasteiger partial charge on any atom is 0.312 e. The Morgan fingerprint density at radius 3 is 2.86 bits per heavy atom. The minimum absolute atomic E-state index is 0.0983. The lowest BCUT2D eigenvalue weighted by molar-refractivity contribution is -0.158. The number of esters is 1. The third-order valence-corrected chi connectivity index (χ3v) is 4.29. The first-order valence-electron chi connectivity index (χ1n) is 7.84. The van der Waals surface area contributed by atoms with E-state index in [-0.39, 0.29) is 5.97 Å². The molecule has 2 aliphatic rings. The molecule has 4 nitrogen and oxygen atoms in total. The fourth-order valence-corrected chi connectivity index (χ4v) is 2.97. The van der Waals surface area contributed by atoms with Gasteiger partial charge in [0.05, 0.1) is 12.0 Å². The lowest BCUT2D eigenvalue weighted by Gasteiger charge is -2.40. The minimum Gasteiger partial charge on any atom is -0.466 e. The van der Waals surface area contributed by atoms with Gasteiger partial charge in [0.25, 0.3) is 0 Å². The van der Waals surface area contributed by atoms with Crippen molar-refractivity contribution in [3.05, 3.63) is 36.1 Å². The predicted molar refractivity (Wildman–Crippen MR) is 89.7 cm³/mol. The zero-order valence-electron chi connectivity index (χ0n) is 13.3. The molecular formula is C17H23BN2O2. The molecule has 5 heteroatoms. The molecule has 2 heterocycles. The van der Waals surface area contributed by atoms with Crippen molar-refractivity contribution in [2.24, 2.45) is 10.4 Å². The molecule has 2 aliphatic heterocycles. The molecular weight excluding hydrogens is 275 g/mol. The second kappa shape index (κ2) is 7.48. The lowest BCUT2D eigenvalue weighted by Crippen LogP contribution is -2.44. The maximum absolute atomic E-state index is 12.3. The average Bonchev–Trinajstić information content (AvgIpc) is 2.73. The number of hydrogen-bond acceptors (Lipinski definition) is 4. The molecule has 1 saturated heterocycles. The molecule has 22 heavy (non-hydrogen) atoms. The lowest BCUT2D eigenvalue weighted by atomic mass is 9.75. The van der Waals surface area contributed by atoms with Crippen LogP contribution in [0.1, 0.15) is 32.6 Å². The van der Waals surface area contributed by atoms with Crippen LogP contribution in [-0.4, -0.2) is 44.6 Å². The Morgan fingerprint density at radius 1 is 1.50 bits per heavy atom. The molecule has 1 fully saturated rings. The summed E-state index contributed by atoms with van der Waals surface area (Å²) >= 11 is 0. The molecule has 0 aromatic carbocycles. The zero-order chi connectivity index (χ0) is 16.0. The highest BCUT2D eigenvalue weighted by molar-refractivity contribution is 6.33. The van der Waals surface area contributed by atoms with Crippen molar-refractivity contribution in [3.8, 4) is 0 Å². The summed E-state index contributed by atoms with van der Waals surface area (Å²) in [5.41, 5.74) is 0.261. The van der Waals surface area contributed by atoms with Gasteiger partial charge in [0, 0.05) is 19.3 Å². The van der Waals surface area contributed by atoms with Crippen molar-refractivity contribution >= 4 is 20.0 Å². The van der Waals surface area contributed by atoms with Gasteiger partial charge in [0.2, 0.25) is 0 Å². The van der Waals surface area contributed by atoms with Crippen LogP contribution in [0.3, 0.4) is 0 Å². The third-order valence-electron chi connectivity index (χ3n) is 4.29. The third kappa shape index (κ3) is 3.70. The largest absolute Gasteiger partial charge is 0.466 e. The normalized spacial score (nSPS) is 20.7. The molecule has 0 bridgehead atoms. The molecule has 0 aromatic rings. The SMILES string of the molecule is [B]C1=CCC=C(N2CCC(CC=C)(C(=O)OCC)CC2)N=C1. The Hall–Kier alpha value is -1.78. The van der Waals surface area contributed by atoms with E-state index in [9.17, 15) is 4.79 Å². The van der Waals surface area contributed by atoms with Gasteiger partial charge in [-0.25, -0.2) is 4.99 Å². The molecule has 0 aliphatic carbocycles. The van der Waals surface area contributed by atoms with Crippen LogP contribution in [0.4, 0.5) is 0 Å². The van der Waals surface area contributed by atoms with E-state index < -0.39 is 5.41 Å². The van der Waals surface area contributed by atoms with Crippen LogP contribution in [-0.2, 0) is 9.53 Å². The number of rotatable bonds is 5. The second-order valence-electron chi connectivity index (χ2n) is 5.74. The van der Waals surface area contributed by atoms with Crippen molar-refractivity contribution < 1.29 is 9.53 Å². The van der Waals surface area contributed by atoms with E-state index in [1.54, 1.807) is 6.21 Å². The quantitative estimate of drug-likeness (QED) is 0.445. The number of aliphatic imine (C=N–C) groups is 1. The maximum atomic E-state index is 12.3. The van der Waals surface area contributed by atoms with Gasteiger partial charge in [0.1, 0.15) is 13.7 Å². The Balaban J connectivity index is 2.04. The van der Waals surface area contributed by atoms with Crippen LogP contribution >= 0.6 is 0 Å². The van der Waals surface area contributed by atoms with Crippen molar-refractivity contribution in [2.75, 3.05) is 19.7 Å². The van der Waals surface area contributed by atoms with Gasteiger partial charge in [-0.2, -0.15) is 0 Å². The minimum atomic E-state index is -0.430. The number of nitrogens with zero attached hydrogens (tertiary/aromatic N) is 2. The van der Waals surface area contributed by atoms with E-state index in [1.165, 1.54) is 0 Å². The topological polar surface area (TPSA) is 41.9 Å². The van der Waals surface area contributed by atoms with E-state index in [0.29, 0.717) is 18.5 Å². The van der Waals surface area contributed by atoms with Gasteiger partial charge < -0.3 is 9.64 Å². The predicted octanol–water partition coefficient (Wildman–Crippen LogP) is 2.58. The molecule has 0 N–H and O–H groups in total. The molecule has 0 saturated carbocycles. The number of carbonyl (C=O) groups is 1. The number of carbonyl (C=O) groups excluding carboxylic acids is 1. The molecule has 0 amide bonds. The summed E-state index contributed by atoms with van der Waals surface area (Å²) in [5, 5.41) is 0. The van der Waals surface area contributed by atoms with Crippen molar-refractivity contribution in [2.45, 2.75) is 32.6 Å². The van der Waals surface area contributed by atoms with E-state index in [2.05, 4.69) is 22.5 Å².